The highest BCUT2D eigenvalue weighted by Gasteiger charge is 2.20. The summed E-state index contributed by atoms with van der Waals surface area (Å²) < 4.78 is 0. The van der Waals surface area contributed by atoms with Crippen molar-refractivity contribution in [2.45, 2.75) is 26.1 Å². The summed E-state index contributed by atoms with van der Waals surface area (Å²) in [4.78, 5) is 3.81. The van der Waals surface area contributed by atoms with E-state index in [4.69, 9.17) is 15.5 Å². The molecule has 0 saturated carbocycles. The Bertz CT molecular complexity index is 73.8. The van der Waals surface area contributed by atoms with Gasteiger partial charge in [0, 0.05) is 5.92 Å². The van der Waals surface area contributed by atoms with Gasteiger partial charge in [0.05, 0.1) is 18.8 Å². The predicted molar refractivity (Wildman–Crippen MR) is 35.4 cm³/mol. The average molecular weight is 150 g/mol. The third kappa shape index (κ3) is 3.12. The Hall–Kier alpha value is -0.160. The number of hydrogen-bond acceptors (Lipinski definition) is 4. The van der Waals surface area contributed by atoms with Crippen LogP contribution in [0, 0.1) is 5.92 Å². The smallest absolute Gasteiger partial charge is 0.0897 e. The van der Waals surface area contributed by atoms with Crippen molar-refractivity contribution in [1.29, 1.82) is 0 Å². The van der Waals surface area contributed by atoms with Crippen LogP contribution in [0.1, 0.15) is 13.8 Å². The summed E-state index contributed by atoms with van der Waals surface area (Å²) in [5, 5.41) is 25.9. The molecule has 3 N–H and O–H groups in total. The van der Waals surface area contributed by atoms with Crippen molar-refractivity contribution >= 4 is 0 Å². The SMILES string of the molecule is CC(O)C(COO)C(C)O. The molecule has 4 heteroatoms. The van der Waals surface area contributed by atoms with Gasteiger partial charge in [0.1, 0.15) is 0 Å². The molecule has 0 radical (unpaired) electrons. The number of hydrogen-bond donors (Lipinski definition) is 3. The standard InChI is InChI=1S/C6H14O4/c1-4(7)6(3-10-9)5(2)8/h4-9H,3H2,1-2H3. The fourth-order valence-electron chi connectivity index (χ4n) is 0.768. The second-order valence-electron chi connectivity index (χ2n) is 2.44. The molecule has 62 valence electrons. The van der Waals surface area contributed by atoms with Crippen LogP contribution in [0.3, 0.4) is 0 Å². The van der Waals surface area contributed by atoms with Crippen molar-refractivity contribution in [3.05, 3.63) is 0 Å². The topological polar surface area (TPSA) is 69.9 Å². The van der Waals surface area contributed by atoms with E-state index in [2.05, 4.69) is 4.89 Å². The summed E-state index contributed by atoms with van der Waals surface area (Å²) in [7, 11) is 0. The molecule has 0 saturated heterocycles. The molecule has 0 aromatic carbocycles. The Labute approximate surface area is 60.0 Å². The monoisotopic (exact) mass is 150 g/mol. The van der Waals surface area contributed by atoms with E-state index in [1.54, 1.807) is 0 Å². The molecule has 4 nitrogen and oxygen atoms in total. The number of aliphatic hydroxyl groups excluding tert-OH is 2. The summed E-state index contributed by atoms with van der Waals surface area (Å²) in [6.45, 7) is 3.03. The first-order valence-corrected chi connectivity index (χ1v) is 3.22. The van der Waals surface area contributed by atoms with E-state index in [1.807, 2.05) is 0 Å². The lowest BCUT2D eigenvalue weighted by molar-refractivity contribution is -0.261. The molecule has 10 heavy (non-hydrogen) atoms. The highest BCUT2D eigenvalue weighted by Crippen LogP contribution is 2.08. The molecule has 0 fully saturated rings. The van der Waals surface area contributed by atoms with E-state index in [1.165, 1.54) is 13.8 Å². The fourth-order valence-corrected chi connectivity index (χ4v) is 0.768. The lowest BCUT2D eigenvalue weighted by Gasteiger charge is -2.20. The van der Waals surface area contributed by atoms with Crippen LogP contribution in [0.25, 0.3) is 0 Å². The maximum absolute atomic E-state index is 8.96. The zero-order valence-corrected chi connectivity index (χ0v) is 6.19. The van der Waals surface area contributed by atoms with Crippen molar-refractivity contribution < 1.29 is 20.4 Å². The largest absolute Gasteiger partial charge is 0.393 e. The van der Waals surface area contributed by atoms with E-state index >= 15 is 0 Å². The lowest BCUT2D eigenvalue weighted by atomic mass is 9.99. The van der Waals surface area contributed by atoms with Gasteiger partial charge in [0.2, 0.25) is 0 Å². The quantitative estimate of drug-likeness (QED) is 0.385. The first-order valence-electron chi connectivity index (χ1n) is 3.22. The summed E-state index contributed by atoms with van der Waals surface area (Å²) in [5.74, 6) is -0.426. The molecule has 0 aromatic heterocycles. The van der Waals surface area contributed by atoms with Crippen molar-refractivity contribution in [3.63, 3.8) is 0 Å². The van der Waals surface area contributed by atoms with Crippen molar-refractivity contribution in [2.24, 2.45) is 5.92 Å². The van der Waals surface area contributed by atoms with Crippen LogP contribution in [-0.4, -0.2) is 34.3 Å². The Kier molecular flexibility index (Phi) is 4.55. The van der Waals surface area contributed by atoms with Gasteiger partial charge in [-0.2, -0.15) is 0 Å². The van der Waals surface area contributed by atoms with Gasteiger partial charge in [-0.3, -0.25) is 5.26 Å². The molecule has 0 aliphatic carbocycles. The predicted octanol–water partition coefficient (Wildman–Crippen LogP) is -0.146. The summed E-state index contributed by atoms with van der Waals surface area (Å²) in [6.07, 6.45) is -1.35. The average Bonchev–Trinajstić information content (AvgIpc) is 1.81. The van der Waals surface area contributed by atoms with Crippen LogP contribution in [0.2, 0.25) is 0 Å². The molecule has 0 aliphatic rings. The second-order valence-corrected chi connectivity index (χ2v) is 2.44. The molecule has 2 unspecified atom stereocenters. The number of aliphatic hydroxyl groups is 2. The maximum Gasteiger partial charge on any atom is 0.0897 e. The molecule has 0 spiro atoms. The van der Waals surface area contributed by atoms with Gasteiger partial charge < -0.3 is 10.2 Å². The molecule has 0 aliphatic heterocycles. The highest BCUT2D eigenvalue weighted by atomic mass is 17.1. The number of rotatable bonds is 4. The van der Waals surface area contributed by atoms with Crippen molar-refractivity contribution in [1.82, 2.24) is 0 Å². The van der Waals surface area contributed by atoms with Crippen molar-refractivity contribution in [3.8, 4) is 0 Å². The first kappa shape index (κ1) is 9.84. The van der Waals surface area contributed by atoms with Gasteiger partial charge in [-0.05, 0) is 13.8 Å². The van der Waals surface area contributed by atoms with Crippen LogP contribution >= 0.6 is 0 Å². The van der Waals surface area contributed by atoms with Gasteiger partial charge >= 0.3 is 0 Å². The third-order valence-electron chi connectivity index (χ3n) is 1.51. The van der Waals surface area contributed by atoms with Crippen LogP contribution in [0.5, 0.6) is 0 Å². The first-order chi connectivity index (χ1) is 4.59. The van der Waals surface area contributed by atoms with Gasteiger partial charge in [-0.1, -0.05) is 0 Å². The maximum atomic E-state index is 8.96. The third-order valence-corrected chi connectivity index (χ3v) is 1.51. The summed E-state index contributed by atoms with van der Waals surface area (Å²) in [6, 6.07) is 0. The summed E-state index contributed by atoms with van der Waals surface area (Å²) >= 11 is 0. The Balaban J connectivity index is 3.73. The van der Waals surface area contributed by atoms with Crippen LogP contribution in [0.15, 0.2) is 0 Å². The molecular weight excluding hydrogens is 136 g/mol. The molecule has 0 bridgehead atoms. The van der Waals surface area contributed by atoms with E-state index in [9.17, 15) is 0 Å². The highest BCUT2D eigenvalue weighted by molar-refractivity contribution is 4.68. The minimum absolute atomic E-state index is 0.0463. The minimum Gasteiger partial charge on any atom is -0.393 e. The van der Waals surface area contributed by atoms with E-state index in [0.717, 1.165) is 0 Å². The second kappa shape index (κ2) is 4.62. The van der Waals surface area contributed by atoms with Crippen LogP contribution in [-0.2, 0) is 4.89 Å². The zero-order chi connectivity index (χ0) is 8.15. The van der Waals surface area contributed by atoms with Crippen LogP contribution in [0.4, 0.5) is 0 Å². The van der Waals surface area contributed by atoms with Gasteiger partial charge in [0.25, 0.3) is 0 Å². The Morgan fingerprint density at radius 1 is 1.20 bits per heavy atom. The van der Waals surface area contributed by atoms with Crippen molar-refractivity contribution in [2.75, 3.05) is 6.61 Å². The van der Waals surface area contributed by atoms with Gasteiger partial charge in [-0.25, -0.2) is 4.89 Å². The molecule has 0 heterocycles. The van der Waals surface area contributed by atoms with Gasteiger partial charge in [-0.15, -0.1) is 0 Å². The molecular formula is C6H14O4. The lowest BCUT2D eigenvalue weighted by Crippen LogP contribution is -2.31. The fraction of sp³-hybridized carbons (Fsp3) is 1.00. The Morgan fingerprint density at radius 2 is 1.60 bits per heavy atom. The normalized spacial score (nSPS) is 20.1. The molecule has 0 amide bonds. The van der Waals surface area contributed by atoms with Gasteiger partial charge in [0.15, 0.2) is 0 Å². The van der Waals surface area contributed by atoms with E-state index in [0.29, 0.717) is 0 Å². The molecule has 0 rings (SSSR count). The Morgan fingerprint density at radius 3 is 1.70 bits per heavy atom. The summed E-state index contributed by atoms with van der Waals surface area (Å²) in [5.41, 5.74) is 0. The van der Waals surface area contributed by atoms with E-state index in [-0.39, 0.29) is 6.61 Å². The molecule has 0 aromatic rings. The minimum atomic E-state index is -0.674. The zero-order valence-electron chi connectivity index (χ0n) is 6.19. The van der Waals surface area contributed by atoms with E-state index < -0.39 is 18.1 Å². The molecule has 2 atom stereocenters. The van der Waals surface area contributed by atoms with Crippen LogP contribution < -0.4 is 0 Å².